The Kier molecular flexibility index (Phi) is 1.49. The zero-order valence-corrected chi connectivity index (χ0v) is 7.16. The molecule has 1 aliphatic rings. The molecule has 0 aliphatic heterocycles. The Labute approximate surface area is 70.2 Å². The predicted molar refractivity (Wildman–Crippen MR) is 41.9 cm³/mol. The van der Waals surface area contributed by atoms with Gasteiger partial charge < -0.3 is 0 Å². The third-order valence-corrected chi connectivity index (χ3v) is 2.72. The van der Waals surface area contributed by atoms with Crippen LogP contribution in [0, 0.1) is 0 Å². The standard InChI is InChI=1S/C6H9N3O2S/c7-12(10,11)6-3-4-8-9(6)5-1-2-5/h3-5H,1-2H2,(H2,7,10,11). The second-order valence-corrected chi connectivity index (χ2v) is 4.40. The predicted octanol–water partition coefficient (Wildman–Crippen LogP) is -0.135. The van der Waals surface area contributed by atoms with Gasteiger partial charge in [0.25, 0.3) is 10.0 Å². The fraction of sp³-hybridized carbons (Fsp3) is 0.500. The molecule has 6 heteroatoms. The highest BCUT2D eigenvalue weighted by Gasteiger charge is 2.29. The first-order valence-corrected chi connectivity index (χ1v) is 5.20. The minimum atomic E-state index is -3.59. The summed E-state index contributed by atoms with van der Waals surface area (Å²) < 4.78 is 23.4. The largest absolute Gasteiger partial charge is 0.255 e. The molecule has 1 heterocycles. The number of hydrogen-bond donors (Lipinski definition) is 1. The van der Waals surface area contributed by atoms with Crippen LogP contribution in [0.3, 0.4) is 0 Å². The van der Waals surface area contributed by atoms with Crippen LogP contribution in [0.4, 0.5) is 0 Å². The lowest BCUT2D eigenvalue weighted by molar-refractivity contribution is 0.547. The van der Waals surface area contributed by atoms with E-state index in [1.165, 1.54) is 16.9 Å². The minimum Gasteiger partial charge on any atom is -0.250 e. The van der Waals surface area contributed by atoms with Gasteiger partial charge in [-0.05, 0) is 18.9 Å². The van der Waals surface area contributed by atoms with Crippen molar-refractivity contribution in [3.05, 3.63) is 12.3 Å². The molecular weight excluding hydrogens is 178 g/mol. The van der Waals surface area contributed by atoms with E-state index >= 15 is 0 Å². The van der Waals surface area contributed by atoms with Crippen molar-refractivity contribution in [3.8, 4) is 0 Å². The van der Waals surface area contributed by atoms with Crippen molar-refractivity contribution in [1.82, 2.24) is 9.78 Å². The van der Waals surface area contributed by atoms with Crippen molar-refractivity contribution in [2.75, 3.05) is 0 Å². The van der Waals surface area contributed by atoms with E-state index in [0.717, 1.165) is 12.8 Å². The zero-order chi connectivity index (χ0) is 8.77. The van der Waals surface area contributed by atoms with Crippen molar-refractivity contribution in [2.24, 2.45) is 5.14 Å². The summed E-state index contributed by atoms with van der Waals surface area (Å²) in [7, 11) is -3.59. The molecule has 0 radical (unpaired) electrons. The van der Waals surface area contributed by atoms with Gasteiger partial charge in [0.2, 0.25) is 0 Å². The maximum absolute atomic E-state index is 11.0. The van der Waals surface area contributed by atoms with E-state index in [1.807, 2.05) is 0 Å². The van der Waals surface area contributed by atoms with Crippen LogP contribution in [0.1, 0.15) is 18.9 Å². The second kappa shape index (κ2) is 2.30. The number of nitrogens with two attached hydrogens (primary N) is 1. The van der Waals surface area contributed by atoms with Gasteiger partial charge in [0.05, 0.1) is 12.2 Å². The van der Waals surface area contributed by atoms with Gasteiger partial charge in [-0.3, -0.25) is 0 Å². The number of aromatic nitrogens is 2. The Balaban J connectivity index is 2.49. The van der Waals surface area contributed by atoms with Crippen LogP contribution in [0.25, 0.3) is 0 Å². The van der Waals surface area contributed by atoms with Gasteiger partial charge in [0.15, 0.2) is 5.03 Å². The van der Waals surface area contributed by atoms with E-state index in [1.54, 1.807) is 0 Å². The van der Waals surface area contributed by atoms with Gasteiger partial charge >= 0.3 is 0 Å². The summed E-state index contributed by atoms with van der Waals surface area (Å²) in [4.78, 5) is 0. The third-order valence-electron chi connectivity index (χ3n) is 1.82. The number of hydrogen-bond acceptors (Lipinski definition) is 3. The zero-order valence-electron chi connectivity index (χ0n) is 6.34. The Morgan fingerprint density at radius 1 is 1.58 bits per heavy atom. The molecule has 66 valence electrons. The first kappa shape index (κ1) is 7.75. The van der Waals surface area contributed by atoms with Crippen molar-refractivity contribution in [2.45, 2.75) is 23.9 Å². The van der Waals surface area contributed by atoms with E-state index in [-0.39, 0.29) is 11.1 Å². The first-order valence-electron chi connectivity index (χ1n) is 3.65. The molecule has 1 aliphatic carbocycles. The summed E-state index contributed by atoms with van der Waals surface area (Å²) in [5, 5.41) is 9.00. The minimum absolute atomic E-state index is 0.116. The van der Waals surface area contributed by atoms with Gasteiger partial charge in [-0.25, -0.2) is 18.2 Å². The van der Waals surface area contributed by atoms with Crippen LogP contribution in [0.15, 0.2) is 17.3 Å². The van der Waals surface area contributed by atoms with Crippen molar-refractivity contribution >= 4 is 10.0 Å². The molecule has 0 unspecified atom stereocenters. The molecule has 0 amide bonds. The summed E-state index contributed by atoms with van der Waals surface area (Å²) in [6.07, 6.45) is 3.44. The van der Waals surface area contributed by atoms with Gasteiger partial charge in [0, 0.05) is 0 Å². The molecule has 2 N–H and O–H groups in total. The lowest BCUT2D eigenvalue weighted by Gasteiger charge is -2.01. The molecule has 0 saturated heterocycles. The summed E-state index contributed by atoms with van der Waals surface area (Å²) >= 11 is 0. The normalized spacial score (nSPS) is 18.1. The molecular formula is C6H9N3O2S. The van der Waals surface area contributed by atoms with Gasteiger partial charge in [0.1, 0.15) is 0 Å². The maximum atomic E-state index is 11.0. The Morgan fingerprint density at radius 3 is 2.75 bits per heavy atom. The monoisotopic (exact) mass is 187 g/mol. The highest BCUT2D eigenvalue weighted by molar-refractivity contribution is 7.89. The molecule has 12 heavy (non-hydrogen) atoms. The van der Waals surface area contributed by atoms with Gasteiger partial charge in [-0.2, -0.15) is 5.10 Å². The average Bonchev–Trinajstić information content (AvgIpc) is 2.65. The van der Waals surface area contributed by atoms with Crippen LogP contribution < -0.4 is 5.14 Å². The summed E-state index contributed by atoms with van der Waals surface area (Å²) in [6.45, 7) is 0. The molecule has 2 rings (SSSR count). The second-order valence-electron chi connectivity index (χ2n) is 2.89. The van der Waals surface area contributed by atoms with E-state index in [9.17, 15) is 8.42 Å². The van der Waals surface area contributed by atoms with E-state index in [0.29, 0.717) is 0 Å². The Morgan fingerprint density at radius 2 is 2.25 bits per heavy atom. The summed E-state index contributed by atoms with van der Waals surface area (Å²) in [5.74, 6) is 0. The smallest absolute Gasteiger partial charge is 0.250 e. The molecule has 1 saturated carbocycles. The highest BCUT2D eigenvalue weighted by atomic mass is 32.2. The molecule has 0 bridgehead atoms. The Hall–Kier alpha value is -0.880. The van der Waals surface area contributed by atoms with Gasteiger partial charge in [-0.15, -0.1) is 0 Å². The van der Waals surface area contributed by atoms with Crippen LogP contribution >= 0.6 is 0 Å². The molecule has 0 spiro atoms. The molecule has 1 aromatic rings. The SMILES string of the molecule is NS(=O)(=O)c1ccnn1C1CC1. The van der Waals surface area contributed by atoms with E-state index < -0.39 is 10.0 Å². The molecule has 1 fully saturated rings. The lowest BCUT2D eigenvalue weighted by Crippen LogP contribution is -2.17. The quantitative estimate of drug-likeness (QED) is 0.700. The van der Waals surface area contributed by atoms with Crippen LogP contribution in [-0.4, -0.2) is 18.2 Å². The molecule has 0 atom stereocenters. The maximum Gasteiger partial charge on any atom is 0.255 e. The first-order chi connectivity index (χ1) is 5.59. The summed E-state index contributed by atoms with van der Waals surface area (Å²) in [5.41, 5.74) is 0. The number of nitrogens with zero attached hydrogens (tertiary/aromatic N) is 2. The highest BCUT2D eigenvalue weighted by Crippen LogP contribution is 2.35. The lowest BCUT2D eigenvalue weighted by atomic mass is 10.7. The van der Waals surface area contributed by atoms with Crippen molar-refractivity contribution in [3.63, 3.8) is 0 Å². The molecule has 5 nitrogen and oxygen atoms in total. The van der Waals surface area contributed by atoms with Crippen LogP contribution in [-0.2, 0) is 10.0 Å². The number of sulfonamides is 1. The number of rotatable bonds is 2. The molecule has 0 aromatic carbocycles. The molecule has 1 aromatic heterocycles. The number of primary sulfonamides is 1. The van der Waals surface area contributed by atoms with E-state index in [2.05, 4.69) is 5.10 Å². The van der Waals surface area contributed by atoms with Crippen molar-refractivity contribution < 1.29 is 8.42 Å². The third kappa shape index (κ3) is 1.23. The summed E-state index contributed by atoms with van der Waals surface area (Å²) in [6, 6.07) is 1.67. The fourth-order valence-corrected chi connectivity index (χ4v) is 1.83. The average molecular weight is 187 g/mol. The van der Waals surface area contributed by atoms with Crippen LogP contribution in [0.5, 0.6) is 0 Å². The Bertz CT molecular complexity index is 391. The fourth-order valence-electron chi connectivity index (χ4n) is 1.12. The topological polar surface area (TPSA) is 78.0 Å². The van der Waals surface area contributed by atoms with E-state index in [4.69, 9.17) is 5.14 Å². The van der Waals surface area contributed by atoms with Gasteiger partial charge in [-0.1, -0.05) is 0 Å². The van der Waals surface area contributed by atoms with Crippen LogP contribution in [0.2, 0.25) is 0 Å². The van der Waals surface area contributed by atoms with Crippen molar-refractivity contribution in [1.29, 1.82) is 0 Å².